The van der Waals surface area contributed by atoms with Gasteiger partial charge in [-0.25, -0.2) is 0 Å². The van der Waals surface area contributed by atoms with E-state index in [1.54, 1.807) is 4.90 Å². The third-order valence-electron chi connectivity index (χ3n) is 4.57. The molecule has 0 saturated carbocycles. The maximum Gasteiger partial charge on any atom is 0.262 e. The molecule has 4 rings (SSSR count). The van der Waals surface area contributed by atoms with E-state index < -0.39 is 0 Å². The van der Waals surface area contributed by atoms with Gasteiger partial charge in [-0.2, -0.15) is 0 Å². The summed E-state index contributed by atoms with van der Waals surface area (Å²) in [5.41, 5.74) is 3.27. The number of ether oxygens (including phenoxy) is 1. The average molecular weight is 549 g/mol. The number of nitrogens with one attached hydrogen (secondary N) is 1. The standard InChI is InChI=1S/C22H18BrIN2O2/c1-2-28-18-5-3-4-17(13-18)26-21(14-6-9-16(24)10-7-14)25-20-11-8-15(23)12-19(20)22(26)27/h3-13,21,25H,2H2,1H3/t21-/m1/s1. The van der Waals surface area contributed by atoms with Crippen LogP contribution in [0, 0.1) is 3.57 Å². The lowest BCUT2D eigenvalue weighted by molar-refractivity contribution is 0.0975. The second kappa shape index (κ2) is 8.13. The van der Waals surface area contributed by atoms with Crippen molar-refractivity contribution in [3.05, 3.63) is 85.9 Å². The van der Waals surface area contributed by atoms with Gasteiger partial charge in [0.2, 0.25) is 0 Å². The van der Waals surface area contributed by atoms with E-state index in [1.165, 1.54) is 0 Å². The Morgan fingerprint density at radius 2 is 1.89 bits per heavy atom. The van der Waals surface area contributed by atoms with E-state index in [1.807, 2.05) is 61.5 Å². The van der Waals surface area contributed by atoms with Crippen LogP contribution in [-0.2, 0) is 0 Å². The van der Waals surface area contributed by atoms with Crippen molar-refractivity contribution < 1.29 is 9.53 Å². The van der Waals surface area contributed by atoms with E-state index in [2.05, 4.69) is 56.0 Å². The molecular weight excluding hydrogens is 531 g/mol. The molecule has 0 fully saturated rings. The number of hydrogen-bond acceptors (Lipinski definition) is 3. The number of fused-ring (bicyclic) bond motifs is 1. The Hall–Kier alpha value is -2.06. The molecule has 0 unspecified atom stereocenters. The normalized spacial score (nSPS) is 15.8. The molecule has 0 radical (unpaired) electrons. The van der Waals surface area contributed by atoms with E-state index in [-0.39, 0.29) is 12.1 Å². The van der Waals surface area contributed by atoms with Crippen molar-refractivity contribution in [1.82, 2.24) is 0 Å². The number of carbonyl (C=O) groups is 1. The molecule has 1 aliphatic rings. The Morgan fingerprint density at radius 1 is 1.11 bits per heavy atom. The van der Waals surface area contributed by atoms with Gasteiger partial charge in [0, 0.05) is 19.8 Å². The fourth-order valence-corrected chi connectivity index (χ4v) is 4.03. The molecule has 0 aromatic heterocycles. The summed E-state index contributed by atoms with van der Waals surface area (Å²) in [6.07, 6.45) is -0.310. The fraction of sp³-hybridized carbons (Fsp3) is 0.136. The smallest absolute Gasteiger partial charge is 0.262 e. The highest BCUT2D eigenvalue weighted by Gasteiger charge is 2.34. The zero-order valence-corrected chi connectivity index (χ0v) is 18.9. The Balaban J connectivity index is 1.84. The van der Waals surface area contributed by atoms with Crippen LogP contribution in [0.4, 0.5) is 11.4 Å². The summed E-state index contributed by atoms with van der Waals surface area (Å²) in [5, 5.41) is 3.53. The number of carbonyl (C=O) groups excluding carboxylic acids is 1. The third-order valence-corrected chi connectivity index (χ3v) is 5.79. The lowest BCUT2D eigenvalue weighted by Gasteiger charge is -2.38. The van der Waals surface area contributed by atoms with E-state index in [0.717, 1.165) is 30.7 Å². The van der Waals surface area contributed by atoms with Crippen molar-refractivity contribution >= 4 is 55.8 Å². The van der Waals surface area contributed by atoms with E-state index in [4.69, 9.17) is 4.74 Å². The molecule has 6 heteroatoms. The quantitative estimate of drug-likeness (QED) is 0.393. The molecule has 0 bridgehead atoms. The van der Waals surface area contributed by atoms with Crippen LogP contribution in [0.1, 0.15) is 29.0 Å². The van der Waals surface area contributed by atoms with Crippen LogP contribution in [0.15, 0.2) is 71.2 Å². The van der Waals surface area contributed by atoms with E-state index in [9.17, 15) is 4.79 Å². The van der Waals surface area contributed by atoms with Crippen molar-refractivity contribution in [2.75, 3.05) is 16.8 Å². The molecule has 4 nitrogen and oxygen atoms in total. The number of nitrogens with zero attached hydrogens (tertiary/aromatic N) is 1. The fourth-order valence-electron chi connectivity index (χ4n) is 3.31. The lowest BCUT2D eigenvalue weighted by atomic mass is 10.0. The van der Waals surface area contributed by atoms with Crippen LogP contribution in [0.2, 0.25) is 0 Å². The first-order valence-electron chi connectivity index (χ1n) is 8.95. The van der Waals surface area contributed by atoms with E-state index in [0.29, 0.717) is 12.2 Å². The number of anilines is 2. The van der Waals surface area contributed by atoms with Crippen molar-refractivity contribution in [2.45, 2.75) is 13.1 Å². The molecule has 3 aromatic rings. The zero-order chi connectivity index (χ0) is 19.7. The molecule has 1 N–H and O–H groups in total. The van der Waals surface area contributed by atoms with Crippen molar-refractivity contribution in [3.63, 3.8) is 0 Å². The number of hydrogen-bond donors (Lipinski definition) is 1. The summed E-state index contributed by atoms with van der Waals surface area (Å²) in [4.78, 5) is 15.3. The molecule has 1 heterocycles. The van der Waals surface area contributed by atoms with Gasteiger partial charge in [-0.15, -0.1) is 0 Å². The Morgan fingerprint density at radius 3 is 2.64 bits per heavy atom. The maximum atomic E-state index is 13.5. The summed E-state index contributed by atoms with van der Waals surface area (Å²) in [5.74, 6) is 0.696. The minimum absolute atomic E-state index is 0.0488. The Labute approximate surface area is 186 Å². The van der Waals surface area contributed by atoms with Crippen LogP contribution in [0.3, 0.4) is 0 Å². The highest BCUT2D eigenvalue weighted by atomic mass is 127. The van der Waals surface area contributed by atoms with Crippen LogP contribution in [-0.4, -0.2) is 12.5 Å². The zero-order valence-electron chi connectivity index (χ0n) is 15.2. The lowest BCUT2D eigenvalue weighted by Crippen LogP contribution is -2.43. The predicted molar refractivity (Wildman–Crippen MR) is 124 cm³/mol. The van der Waals surface area contributed by atoms with Crippen LogP contribution >= 0.6 is 38.5 Å². The van der Waals surface area contributed by atoms with Crippen molar-refractivity contribution in [2.24, 2.45) is 0 Å². The van der Waals surface area contributed by atoms with Crippen LogP contribution in [0.25, 0.3) is 0 Å². The molecule has 142 valence electrons. The topological polar surface area (TPSA) is 41.6 Å². The molecule has 3 aromatic carbocycles. The summed E-state index contributed by atoms with van der Waals surface area (Å²) in [6, 6.07) is 21.6. The molecule has 0 saturated heterocycles. The van der Waals surface area contributed by atoms with Gasteiger partial charge in [-0.05, 0) is 77.5 Å². The summed E-state index contributed by atoms with van der Waals surface area (Å²) >= 11 is 5.76. The molecule has 0 aliphatic carbocycles. The molecular formula is C22H18BrIN2O2. The van der Waals surface area contributed by atoms with Crippen LogP contribution < -0.4 is 15.0 Å². The minimum Gasteiger partial charge on any atom is -0.494 e. The molecule has 1 atom stereocenters. The SMILES string of the molecule is CCOc1cccc(N2C(=O)c3cc(Br)ccc3N[C@H]2c2ccc(I)cc2)c1. The van der Waals surface area contributed by atoms with Gasteiger partial charge in [0.05, 0.1) is 17.9 Å². The minimum atomic E-state index is -0.310. The summed E-state index contributed by atoms with van der Waals surface area (Å²) < 4.78 is 7.67. The second-order valence-electron chi connectivity index (χ2n) is 6.39. The highest BCUT2D eigenvalue weighted by molar-refractivity contribution is 14.1. The summed E-state index contributed by atoms with van der Waals surface area (Å²) in [6.45, 7) is 2.52. The number of rotatable bonds is 4. The molecule has 1 amide bonds. The van der Waals surface area contributed by atoms with Crippen LogP contribution in [0.5, 0.6) is 5.75 Å². The molecule has 1 aliphatic heterocycles. The molecule has 28 heavy (non-hydrogen) atoms. The second-order valence-corrected chi connectivity index (χ2v) is 8.56. The van der Waals surface area contributed by atoms with Crippen molar-refractivity contribution in [1.29, 1.82) is 0 Å². The van der Waals surface area contributed by atoms with Gasteiger partial charge in [0.15, 0.2) is 0 Å². The first-order valence-corrected chi connectivity index (χ1v) is 10.8. The third kappa shape index (κ3) is 3.75. The summed E-state index contributed by atoms with van der Waals surface area (Å²) in [7, 11) is 0. The van der Waals surface area contributed by atoms with Gasteiger partial charge < -0.3 is 10.1 Å². The van der Waals surface area contributed by atoms with Gasteiger partial charge in [0.1, 0.15) is 11.9 Å². The van der Waals surface area contributed by atoms with Gasteiger partial charge in [0.25, 0.3) is 5.91 Å². The monoisotopic (exact) mass is 548 g/mol. The van der Waals surface area contributed by atoms with Gasteiger partial charge in [-0.3, -0.25) is 9.69 Å². The van der Waals surface area contributed by atoms with Crippen molar-refractivity contribution in [3.8, 4) is 5.75 Å². The molecule has 0 spiro atoms. The number of amides is 1. The first-order chi connectivity index (χ1) is 13.6. The number of benzene rings is 3. The first kappa shape index (κ1) is 19.3. The average Bonchev–Trinajstić information content (AvgIpc) is 2.69. The Bertz CT molecular complexity index is 1020. The van der Waals surface area contributed by atoms with Gasteiger partial charge >= 0.3 is 0 Å². The number of halogens is 2. The maximum absolute atomic E-state index is 13.5. The Kier molecular flexibility index (Phi) is 5.59. The highest BCUT2D eigenvalue weighted by Crippen LogP contribution is 2.38. The van der Waals surface area contributed by atoms with Gasteiger partial charge in [-0.1, -0.05) is 34.1 Å². The largest absolute Gasteiger partial charge is 0.494 e. The predicted octanol–water partition coefficient (Wildman–Crippen LogP) is 6.22. The van der Waals surface area contributed by atoms with E-state index >= 15 is 0 Å².